The summed E-state index contributed by atoms with van der Waals surface area (Å²) in [7, 11) is 1.68. The molecule has 8 heteroatoms. The first-order valence-electron chi connectivity index (χ1n) is 5.11. The van der Waals surface area contributed by atoms with E-state index in [4.69, 9.17) is 10.1 Å². The second-order valence-corrected chi connectivity index (χ2v) is 3.76. The number of hydrogen-bond acceptors (Lipinski definition) is 4. The fourth-order valence-corrected chi connectivity index (χ4v) is 1.75. The minimum Gasteiger partial charge on any atom is -0.361 e. The lowest BCUT2D eigenvalue weighted by Crippen LogP contribution is -1.95. The van der Waals surface area contributed by atoms with Crippen LogP contribution in [0.4, 0.5) is 0 Å². The van der Waals surface area contributed by atoms with E-state index in [2.05, 4.69) is 20.3 Å². The molecule has 18 heavy (non-hydrogen) atoms. The van der Waals surface area contributed by atoms with E-state index in [9.17, 15) is 4.79 Å². The Kier molecular flexibility index (Phi) is 2.86. The van der Waals surface area contributed by atoms with Gasteiger partial charge in [0.25, 0.3) is 5.91 Å². The number of amides is 1. The second kappa shape index (κ2) is 4.34. The van der Waals surface area contributed by atoms with Crippen LogP contribution in [0.15, 0.2) is 15.8 Å². The highest BCUT2D eigenvalue weighted by Gasteiger charge is 2.21. The highest BCUT2D eigenvalue weighted by atomic mass is 16.5. The van der Waals surface area contributed by atoms with Crippen molar-refractivity contribution in [3.8, 4) is 11.3 Å². The molecule has 2 rings (SSSR count). The molecule has 0 spiro atoms. The molecule has 2 heterocycles. The quantitative estimate of drug-likeness (QED) is 0.459. The molecule has 0 saturated heterocycles. The van der Waals surface area contributed by atoms with Crippen molar-refractivity contribution in [1.82, 2.24) is 14.9 Å². The molecule has 1 amide bonds. The third-order valence-corrected chi connectivity index (χ3v) is 2.46. The van der Waals surface area contributed by atoms with Crippen LogP contribution in [0.1, 0.15) is 21.8 Å². The minimum absolute atomic E-state index is 0.227. The summed E-state index contributed by atoms with van der Waals surface area (Å²) in [5.41, 5.74) is 10.2. The maximum Gasteiger partial charge on any atom is 0.252 e. The van der Waals surface area contributed by atoms with Gasteiger partial charge in [0.15, 0.2) is 0 Å². The van der Waals surface area contributed by atoms with Gasteiger partial charge in [-0.1, -0.05) is 5.16 Å². The number of hydrogen-bond donors (Lipinski definition) is 0. The summed E-state index contributed by atoms with van der Waals surface area (Å²) in [6, 6.07) is 0. The van der Waals surface area contributed by atoms with Crippen LogP contribution >= 0.6 is 0 Å². The molecule has 0 aliphatic carbocycles. The first-order valence-corrected chi connectivity index (χ1v) is 5.11. The molecule has 0 radical (unpaired) electrons. The van der Waals surface area contributed by atoms with Gasteiger partial charge in [0.05, 0.1) is 16.8 Å². The van der Waals surface area contributed by atoms with Crippen LogP contribution < -0.4 is 0 Å². The lowest BCUT2D eigenvalue weighted by molar-refractivity contribution is 0.100. The van der Waals surface area contributed by atoms with Crippen LogP contribution in [-0.4, -0.2) is 20.8 Å². The smallest absolute Gasteiger partial charge is 0.252 e. The number of rotatable bonds is 2. The summed E-state index contributed by atoms with van der Waals surface area (Å²) in [4.78, 5) is 14.2. The van der Waals surface area contributed by atoms with Crippen molar-refractivity contribution < 1.29 is 9.32 Å². The zero-order valence-electron chi connectivity index (χ0n) is 10.1. The van der Waals surface area contributed by atoms with E-state index >= 15 is 0 Å². The standard InChI is InChI=1S/C10H10N6O2/c1-5-8(6(2)18-14-5)9-7(4-16(3)13-9)10(17)12-15-11/h4H,1-3H3. The molecule has 0 saturated carbocycles. The summed E-state index contributed by atoms with van der Waals surface area (Å²) in [5.74, 6) is -0.123. The van der Waals surface area contributed by atoms with Gasteiger partial charge >= 0.3 is 0 Å². The van der Waals surface area contributed by atoms with Crippen molar-refractivity contribution >= 4 is 5.91 Å². The van der Waals surface area contributed by atoms with Crippen molar-refractivity contribution in [2.24, 2.45) is 12.2 Å². The Morgan fingerprint density at radius 1 is 1.56 bits per heavy atom. The summed E-state index contributed by atoms with van der Waals surface area (Å²) >= 11 is 0. The Balaban J connectivity index is 2.65. The van der Waals surface area contributed by atoms with Crippen LogP contribution in [0.3, 0.4) is 0 Å². The number of carbonyl (C=O) groups excluding carboxylic acids is 1. The SMILES string of the molecule is Cc1noc(C)c1-c1nn(C)cc1C(=O)N=[N+]=[N-]. The van der Waals surface area contributed by atoms with Crippen LogP contribution in [-0.2, 0) is 7.05 Å². The van der Waals surface area contributed by atoms with Gasteiger partial charge in [-0.2, -0.15) is 5.10 Å². The maximum atomic E-state index is 11.7. The predicted octanol–water partition coefficient (Wildman–Crippen LogP) is 2.14. The Labute approximate surface area is 102 Å². The molecule has 0 fully saturated rings. The first-order chi connectivity index (χ1) is 8.54. The molecule has 92 valence electrons. The van der Waals surface area contributed by atoms with E-state index in [1.54, 1.807) is 20.9 Å². The first kappa shape index (κ1) is 11.9. The molecule has 2 aromatic rings. The van der Waals surface area contributed by atoms with Gasteiger partial charge in [-0.3, -0.25) is 9.48 Å². The highest BCUT2D eigenvalue weighted by Crippen LogP contribution is 2.28. The van der Waals surface area contributed by atoms with Crippen LogP contribution in [0.2, 0.25) is 0 Å². The van der Waals surface area contributed by atoms with Crippen LogP contribution in [0, 0.1) is 13.8 Å². The second-order valence-electron chi connectivity index (χ2n) is 3.76. The largest absolute Gasteiger partial charge is 0.361 e. The molecule has 2 aromatic heterocycles. The molecule has 0 aliphatic heterocycles. The summed E-state index contributed by atoms with van der Waals surface area (Å²) in [6.45, 7) is 3.48. The van der Waals surface area contributed by atoms with Crippen molar-refractivity contribution in [1.29, 1.82) is 0 Å². The molecule has 0 unspecified atom stereocenters. The molecular formula is C10H10N6O2. The summed E-state index contributed by atoms with van der Waals surface area (Å²) < 4.78 is 6.51. The number of aromatic nitrogens is 3. The van der Waals surface area contributed by atoms with Crippen molar-refractivity contribution in [2.45, 2.75) is 13.8 Å². The lowest BCUT2D eigenvalue weighted by atomic mass is 10.1. The Bertz CT molecular complexity index is 642. The lowest BCUT2D eigenvalue weighted by Gasteiger charge is -1.97. The molecular weight excluding hydrogens is 236 g/mol. The van der Waals surface area contributed by atoms with Gasteiger partial charge in [0.1, 0.15) is 11.5 Å². The number of carbonyl (C=O) groups is 1. The molecule has 0 aliphatic rings. The topological polar surface area (TPSA) is 110 Å². The summed E-state index contributed by atoms with van der Waals surface area (Å²) in [5, 5.41) is 11.1. The Morgan fingerprint density at radius 2 is 2.28 bits per heavy atom. The molecule has 8 nitrogen and oxygen atoms in total. The third-order valence-electron chi connectivity index (χ3n) is 2.46. The minimum atomic E-state index is -0.680. The number of aryl methyl sites for hydroxylation is 3. The van der Waals surface area contributed by atoms with Crippen molar-refractivity contribution in [3.63, 3.8) is 0 Å². The zero-order chi connectivity index (χ0) is 13.3. The molecule has 0 aromatic carbocycles. The fraction of sp³-hybridized carbons (Fsp3) is 0.300. The maximum absolute atomic E-state index is 11.7. The van der Waals surface area contributed by atoms with E-state index < -0.39 is 5.91 Å². The summed E-state index contributed by atoms with van der Waals surface area (Å²) in [6.07, 6.45) is 1.50. The molecule has 0 atom stereocenters. The third kappa shape index (κ3) is 1.85. The van der Waals surface area contributed by atoms with Crippen molar-refractivity contribution in [2.75, 3.05) is 0 Å². The monoisotopic (exact) mass is 246 g/mol. The molecule has 0 bridgehead atoms. The molecule has 0 N–H and O–H groups in total. The van der Waals surface area contributed by atoms with Gasteiger partial charge in [-0.05, 0) is 24.5 Å². The Hall–Kier alpha value is -2.60. The van der Waals surface area contributed by atoms with E-state index in [-0.39, 0.29) is 5.56 Å². The van der Waals surface area contributed by atoms with Crippen LogP contribution in [0.5, 0.6) is 0 Å². The van der Waals surface area contributed by atoms with Gasteiger partial charge in [-0.15, -0.1) is 0 Å². The van der Waals surface area contributed by atoms with Gasteiger partial charge in [0, 0.05) is 18.2 Å². The van der Waals surface area contributed by atoms with E-state index in [1.807, 2.05) is 0 Å². The van der Waals surface area contributed by atoms with E-state index in [0.717, 1.165) is 0 Å². The fourth-order valence-electron chi connectivity index (χ4n) is 1.75. The average Bonchev–Trinajstić information content (AvgIpc) is 2.83. The van der Waals surface area contributed by atoms with Gasteiger partial charge in [0.2, 0.25) is 0 Å². The number of nitrogens with zero attached hydrogens (tertiary/aromatic N) is 6. The van der Waals surface area contributed by atoms with E-state index in [1.165, 1.54) is 10.9 Å². The van der Waals surface area contributed by atoms with Gasteiger partial charge in [-0.25, -0.2) is 0 Å². The van der Waals surface area contributed by atoms with Gasteiger partial charge < -0.3 is 4.52 Å². The highest BCUT2D eigenvalue weighted by molar-refractivity contribution is 6.00. The van der Waals surface area contributed by atoms with E-state index in [0.29, 0.717) is 22.7 Å². The Morgan fingerprint density at radius 3 is 2.83 bits per heavy atom. The number of azide groups is 1. The predicted molar refractivity (Wildman–Crippen MR) is 61.7 cm³/mol. The normalized spacial score (nSPS) is 10.2. The average molecular weight is 246 g/mol. The van der Waals surface area contributed by atoms with Crippen molar-refractivity contribution in [3.05, 3.63) is 33.7 Å². The zero-order valence-corrected chi connectivity index (χ0v) is 10.1. The van der Waals surface area contributed by atoms with Crippen LogP contribution in [0.25, 0.3) is 21.7 Å².